The molecule has 1 heteroatoms. The topological polar surface area (TPSA) is 26.0 Å². The summed E-state index contributed by atoms with van der Waals surface area (Å²) in [5, 5.41) is 0. The SMILES string of the molecule is CCC[C@@H](N)c1ccc2c(c1)CCC2. The highest BCUT2D eigenvalue weighted by Crippen LogP contribution is 2.25. The molecule has 0 aliphatic heterocycles. The van der Waals surface area contributed by atoms with Crippen molar-refractivity contribution in [3.8, 4) is 0 Å². The van der Waals surface area contributed by atoms with E-state index in [9.17, 15) is 0 Å². The Kier molecular flexibility index (Phi) is 2.87. The Morgan fingerprint density at radius 2 is 2.07 bits per heavy atom. The second kappa shape index (κ2) is 4.14. The van der Waals surface area contributed by atoms with E-state index in [1.54, 1.807) is 0 Å². The van der Waals surface area contributed by atoms with Gasteiger partial charge in [-0.2, -0.15) is 0 Å². The van der Waals surface area contributed by atoms with E-state index in [1.165, 1.54) is 36.0 Å². The van der Waals surface area contributed by atoms with E-state index in [0.29, 0.717) is 0 Å². The first-order chi connectivity index (χ1) is 6.81. The van der Waals surface area contributed by atoms with E-state index in [2.05, 4.69) is 25.1 Å². The lowest BCUT2D eigenvalue weighted by Gasteiger charge is -2.12. The molecule has 0 aromatic heterocycles. The summed E-state index contributed by atoms with van der Waals surface area (Å²) >= 11 is 0. The zero-order valence-electron chi connectivity index (χ0n) is 8.92. The summed E-state index contributed by atoms with van der Waals surface area (Å²) in [5.74, 6) is 0. The minimum Gasteiger partial charge on any atom is -0.324 e. The van der Waals surface area contributed by atoms with Crippen LogP contribution in [0.1, 0.15) is 48.9 Å². The zero-order valence-corrected chi connectivity index (χ0v) is 8.92. The normalized spacial score (nSPS) is 16.7. The number of hydrogen-bond donors (Lipinski definition) is 1. The summed E-state index contributed by atoms with van der Waals surface area (Å²) in [4.78, 5) is 0. The average molecular weight is 189 g/mol. The van der Waals surface area contributed by atoms with E-state index in [1.807, 2.05) is 0 Å². The first-order valence-corrected chi connectivity index (χ1v) is 5.68. The van der Waals surface area contributed by atoms with Crippen LogP contribution in [0.15, 0.2) is 18.2 Å². The third-order valence-electron chi connectivity index (χ3n) is 3.15. The van der Waals surface area contributed by atoms with Crippen molar-refractivity contribution >= 4 is 0 Å². The maximum Gasteiger partial charge on any atom is 0.0294 e. The molecule has 0 amide bonds. The lowest BCUT2D eigenvalue weighted by molar-refractivity contribution is 0.638. The summed E-state index contributed by atoms with van der Waals surface area (Å²) in [7, 11) is 0. The van der Waals surface area contributed by atoms with Gasteiger partial charge in [-0.3, -0.25) is 0 Å². The molecule has 1 atom stereocenters. The van der Waals surface area contributed by atoms with Gasteiger partial charge in [-0.25, -0.2) is 0 Å². The Morgan fingerprint density at radius 1 is 1.29 bits per heavy atom. The Bertz CT molecular complexity index is 317. The lowest BCUT2D eigenvalue weighted by atomic mass is 9.99. The molecule has 0 heterocycles. The molecule has 0 bridgehead atoms. The van der Waals surface area contributed by atoms with Gasteiger partial charge in [-0.05, 0) is 42.4 Å². The van der Waals surface area contributed by atoms with E-state index >= 15 is 0 Å². The highest BCUT2D eigenvalue weighted by molar-refractivity contribution is 5.36. The third kappa shape index (κ3) is 1.83. The molecular weight excluding hydrogens is 170 g/mol. The quantitative estimate of drug-likeness (QED) is 0.777. The Balaban J connectivity index is 2.19. The van der Waals surface area contributed by atoms with Crippen LogP contribution >= 0.6 is 0 Å². The lowest BCUT2D eigenvalue weighted by Crippen LogP contribution is -2.09. The highest BCUT2D eigenvalue weighted by atomic mass is 14.6. The monoisotopic (exact) mass is 189 g/mol. The maximum atomic E-state index is 6.10. The van der Waals surface area contributed by atoms with Gasteiger partial charge < -0.3 is 5.73 Å². The van der Waals surface area contributed by atoms with Crippen LogP contribution in [0.2, 0.25) is 0 Å². The van der Waals surface area contributed by atoms with E-state index < -0.39 is 0 Å². The van der Waals surface area contributed by atoms with Gasteiger partial charge >= 0.3 is 0 Å². The molecular formula is C13H19N. The van der Waals surface area contributed by atoms with Crippen LogP contribution in [-0.4, -0.2) is 0 Å². The van der Waals surface area contributed by atoms with E-state index in [0.717, 1.165) is 12.8 Å². The number of benzene rings is 1. The molecule has 1 aromatic carbocycles. The molecule has 0 fully saturated rings. The van der Waals surface area contributed by atoms with Crippen LogP contribution in [0.5, 0.6) is 0 Å². The summed E-state index contributed by atoms with van der Waals surface area (Å²) in [6.07, 6.45) is 6.10. The summed E-state index contributed by atoms with van der Waals surface area (Å²) < 4.78 is 0. The van der Waals surface area contributed by atoms with Crippen molar-refractivity contribution in [3.63, 3.8) is 0 Å². The van der Waals surface area contributed by atoms with Gasteiger partial charge in [0, 0.05) is 6.04 Å². The van der Waals surface area contributed by atoms with Crippen LogP contribution in [0, 0.1) is 0 Å². The van der Waals surface area contributed by atoms with Crippen LogP contribution in [-0.2, 0) is 12.8 Å². The predicted octanol–water partition coefficient (Wildman–Crippen LogP) is 2.98. The van der Waals surface area contributed by atoms with Crippen LogP contribution < -0.4 is 5.73 Å². The first kappa shape index (κ1) is 9.72. The average Bonchev–Trinajstić information content (AvgIpc) is 2.64. The number of nitrogens with two attached hydrogens (primary N) is 1. The van der Waals surface area contributed by atoms with Crippen molar-refractivity contribution in [3.05, 3.63) is 34.9 Å². The fourth-order valence-corrected chi connectivity index (χ4v) is 2.30. The Morgan fingerprint density at radius 3 is 2.86 bits per heavy atom. The molecule has 0 spiro atoms. The molecule has 0 unspecified atom stereocenters. The van der Waals surface area contributed by atoms with Crippen molar-refractivity contribution in [2.24, 2.45) is 5.73 Å². The number of hydrogen-bond acceptors (Lipinski definition) is 1. The first-order valence-electron chi connectivity index (χ1n) is 5.68. The van der Waals surface area contributed by atoms with Crippen molar-refractivity contribution in [1.82, 2.24) is 0 Å². The van der Waals surface area contributed by atoms with Gasteiger partial charge in [0.15, 0.2) is 0 Å². The van der Waals surface area contributed by atoms with Crippen molar-refractivity contribution in [1.29, 1.82) is 0 Å². The highest BCUT2D eigenvalue weighted by Gasteiger charge is 2.12. The second-order valence-electron chi connectivity index (χ2n) is 4.28. The maximum absolute atomic E-state index is 6.10. The van der Waals surface area contributed by atoms with Gasteiger partial charge in [-0.15, -0.1) is 0 Å². The fraction of sp³-hybridized carbons (Fsp3) is 0.538. The molecule has 1 aliphatic carbocycles. The molecule has 1 nitrogen and oxygen atoms in total. The molecule has 0 saturated heterocycles. The van der Waals surface area contributed by atoms with Gasteiger partial charge in [0.25, 0.3) is 0 Å². The molecule has 1 aliphatic rings. The standard InChI is InChI=1S/C13H19N/c1-2-4-13(14)12-8-7-10-5-3-6-11(10)9-12/h7-9,13H,2-6,14H2,1H3/t13-/m1/s1. The van der Waals surface area contributed by atoms with Crippen LogP contribution in [0.4, 0.5) is 0 Å². The molecule has 14 heavy (non-hydrogen) atoms. The second-order valence-corrected chi connectivity index (χ2v) is 4.28. The van der Waals surface area contributed by atoms with Gasteiger partial charge in [0.2, 0.25) is 0 Å². The van der Waals surface area contributed by atoms with Crippen molar-refractivity contribution < 1.29 is 0 Å². The number of rotatable bonds is 3. The predicted molar refractivity (Wildman–Crippen MR) is 60.3 cm³/mol. The fourth-order valence-electron chi connectivity index (χ4n) is 2.30. The van der Waals surface area contributed by atoms with Gasteiger partial charge in [-0.1, -0.05) is 31.5 Å². The molecule has 0 radical (unpaired) electrons. The van der Waals surface area contributed by atoms with E-state index in [-0.39, 0.29) is 6.04 Å². The summed E-state index contributed by atoms with van der Waals surface area (Å²) in [5.41, 5.74) is 10.5. The van der Waals surface area contributed by atoms with Crippen LogP contribution in [0.3, 0.4) is 0 Å². The molecule has 0 saturated carbocycles. The molecule has 1 aromatic rings. The zero-order chi connectivity index (χ0) is 9.97. The van der Waals surface area contributed by atoms with E-state index in [4.69, 9.17) is 5.73 Å². The van der Waals surface area contributed by atoms with Crippen molar-refractivity contribution in [2.75, 3.05) is 0 Å². The largest absolute Gasteiger partial charge is 0.324 e. The molecule has 2 rings (SSSR count). The minimum atomic E-state index is 0.242. The van der Waals surface area contributed by atoms with Crippen molar-refractivity contribution in [2.45, 2.75) is 45.1 Å². The summed E-state index contributed by atoms with van der Waals surface area (Å²) in [6, 6.07) is 7.05. The minimum absolute atomic E-state index is 0.242. The Labute approximate surface area is 86.3 Å². The molecule has 2 N–H and O–H groups in total. The van der Waals surface area contributed by atoms with Gasteiger partial charge in [0.05, 0.1) is 0 Å². The summed E-state index contributed by atoms with van der Waals surface area (Å²) in [6.45, 7) is 2.19. The third-order valence-corrected chi connectivity index (χ3v) is 3.15. The van der Waals surface area contributed by atoms with Crippen LogP contribution in [0.25, 0.3) is 0 Å². The van der Waals surface area contributed by atoms with Gasteiger partial charge in [0.1, 0.15) is 0 Å². The number of fused-ring (bicyclic) bond motifs is 1. The molecule has 76 valence electrons. The Hall–Kier alpha value is -0.820. The number of aryl methyl sites for hydroxylation is 2. The smallest absolute Gasteiger partial charge is 0.0294 e.